The molecule has 100 valence electrons. The summed E-state index contributed by atoms with van der Waals surface area (Å²) in [6.07, 6.45) is 4.67. The minimum atomic E-state index is -0.758. The number of nitriles is 1. The van der Waals surface area contributed by atoms with Crippen LogP contribution in [0.4, 0.5) is 0 Å². The molecule has 2 rings (SSSR count). The minimum absolute atomic E-state index is 0.109. The first-order valence-electron chi connectivity index (χ1n) is 5.77. The third-order valence-corrected chi connectivity index (χ3v) is 3.01. The highest BCUT2D eigenvalue weighted by atomic mass is 35.5. The molecule has 20 heavy (non-hydrogen) atoms. The fourth-order valence-corrected chi connectivity index (χ4v) is 1.86. The molecule has 0 saturated carbocycles. The second kappa shape index (κ2) is 6.04. The van der Waals surface area contributed by atoms with Crippen LogP contribution in [0.15, 0.2) is 42.2 Å². The lowest BCUT2D eigenvalue weighted by Gasteiger charge is -2.03. The zero-order valence-corrected chi connectivity index (χ0v) is 11.2. The number of benzene rings is 1. The zero-order chi connectivity index (χ0) is 14.5. The lowest BCUT2D eigenvalue weighted by Crippen LogP contribution is -2.12. The van der Waals surface area contributed by atoms with E-state index in [9.17, 15) is 4.79 Å². The zero-order valence-electron chi connectivity index (χ0n) is 10.5. The summed E-state index contributed by atoms with van der Waals surface area (Å²) in [6.45, 7) is 0.506. The maximum atomic E-state index is 11.0. The van der Waals surface area contributed by atoms with Crippen LogP contribution in [0.2, 0.25) is 5.02 Å². The predicted octanol–water partition coefficient (Wildman–Crippen LogP) is 1.98. The second-order valence-electron chi connectivity index (χ2n) is 4.10. The number of rotatable bonds is 4. The number of hydrogen-bond donors (Lipinski definition) is 1. The van der Waals surface area contributed by atoms with Gasteiger partial charge in [-0.1, -0.05) is 29.8 Å². The number of amides is 1. The molecular formula is C14H11ClN4O. The SMILES string of the molecule is N#C/C(=C\c1cnn(Cc2ccccc2Cl)c1)C(N)=O. The third kappa shape index (κ3) is 3.25. The Labute approximate surface area is 120 Å². The van der Waals surface area contributed by atoms with Crippen LogP contribution >= 0.6 is 11.6 Å². The van der Waals surface area contributed by atoms with Crippen LogP contribution in [0, 0.1) is 11.3 Å². The number of primary amides is 1. The van der Waals surface area contributed by atoms with Crippen LogP contribution in [-0.2, 0) is 11.3 Å². The van der Waals surface area contributed by atoms with Crippen molar-refractivity contribution in [2.75, 3.05) is 0 Å². The van der Waals surface area contributed by atoms with Gasteiger partial charge in [0.15, 0.2) is 0 Å². The van der Waals surface area contributed by atoms with Gasteiger partial charge in [0.05, 0.1) is 12.7 Å². The summed E-state index contributed by atoms with van der Waals surface area (Å²) in [4.78, 5) is 11.0. The van der Waals surface area contributed by atoms with Crippen molar-refractivity contribution < 1.29 is 4.79 Å². The third-order valence-electron chi connectivity index (χ3n) is 2.64. The minimum Gasteiger partial charge on any atom is -0.365 e. The van der Waals surface area contributed by atoms with E-state index in [4.69, 9.17) is 22.6 Å². The number of aromatic nitrogens is 2. The quantitative estimate of drug-likeness (QED) is 0.689. The van der Waals surface area contributed by atoms with Crippen molar-refractivity contribution in [3.8, 4) is 6.07 Å². The van der Waals surface area contributed by atoms with Crippen LogP contribution in [0.1, 0.15) is 11.1 Å². The Morgan fingerprint density at radius 1 is 1.50 bits per heavy atom. The molecule has 0 unspecified atom stereocenters. The number of halogens is 1. The fraction of sp³-hybridized carbons (Fsp3) is 0.0714. The first-order chi connectivity index (χ1) is 9.60. The number of nitrogens with zero attached hydrogens (tertiary/aromatic N) is 3. The predicted molar refractivity (Wildman–Crippen MR) is 75.6 cm³/mol. The summed E-state index contributed by atoms with van der Waals surface area (Å²) in [6, 6.07) is 9.21. The number of hydrogen-bond acceptors (Lipinski definition) is 3. The van der Waals surface area contributed by atoms with Gasteiger partial charge in [-0.25, -0.2) is 0 Å². The van der Waals surface area contributed by atoms with Gasteiger partial charge in [-0.15, -0.1) is 0 Å². The van der Waals surface area contributed by atoms with Crippen LogP contribution in [0.5, 0.6) is 0 Å². The van der Waals surface area contributed by atoms with Gasteiger partial charge in [-0.05, 0) is 17.7 Å². The normalized spacial score (nSPS) is 11.1. The van der Waals surface area contributed by atoms with Crippen molar-refractivity contribution in [2.24, 2.45) is 5.73 Å². The van der Waals surface area contributed by atoms with Crippen molar-refractivity contribution in [3.05, 3.63) is 58.4 Å². The van der Waals surface area contributed by atoms with Crippen LogP contribution < -0.4 is 5.73 Å². The summed E-state index contributed by atoms with van der Waals surface area (Å²) in [5.74, 6) is -0.758. The van der Waals surface area contributed by atoms with E-state index in [1.165, 1.54) is 6.08 Å². The van der Waals surface area contributed by atoms with E-state index < -0.39 is 5.91 Å². The molecule has 1 aromatic carbocycles. The Kier molecular flexibility index (Phi) is 4.18. The molecule has 0 aliphatic heterocycles. The molecule has 0 radical (unpaired) electrons. The van der Waals surface area contributed by atoms with Gasteiger partial charge in [-0.3, -0.25) is 9.48 Å². The van der Waals surface area contributed by atoms with Crippen molar-refractivity contribution in [2.45, 2.75) is 6.54 Å². The second-order valence-corrected chi connectivity index (χ2v) is 4.50. The van der Waals surface area contributed by atoms with Gasteiger partial charge in [-0.2, -0.15) is 10.4 Å². The van der Waals surface area contributed by atoms with E-state index in [0.717, 1.165) is 5.56 Å². The lowest BCUT2D eigenvalue weighted by molar-refractivity contribution is -0.114. The molecule has 2 aromatic rings. The Bertz CT molecular complexity index is 712. The first kappa shape index (κ1) is 13.8. The summed E-state index contributed by atoms with van der Waals surface area (Å²) in [7, 11) is 0. The van der Waals surface area contributed by atoms with E-state index in [2.05, 4.69) is 5.10 Å². The van der Waals surface area contributed by atoms with Crippen molar-refractivity contribution in [1.82, 2.24) is 9.78 Å². The number of carbonyl (C=O) groups excluding carboxylic acids is 1. The summed E-state index contributed by atoms with van der Waals surface area (Å²) in [5, 5.41) is 13.6. The summed E-state index contributed by atoms with van der Waals surface area (Å²) < 4.78 is 1.67. The Morgan fingerprint density at radius 3 is 2.90 bits per heavy atom. The molecule has 0 fully saturated rings. The van der Waals surface area contributed by atoms with E-state index in [1.807, 2.05) is 24.3 Å². The smallest absolute Gasteiger partial charge is 0.259 e. The summed E-state index contributed by atoms with van der Waals surface area (Å²) in [5.41, 5.74) is 6.53. The van der Waals surface area contributed by atoms with Crippen LogP contribution in [-0.4, -0.2) is 15.7 Å². The van der Waals surface area contributed by atoms with E-state index in [1.54, 1.807) is 23.1 Å². The molecule has 0 bridgehead atoms. The van der Waals surface area contributed by atoms with Gasteiger partial charge in [0, 0.05) is 16.8 Å². The average Bonchev–Trinajstić information content (AvgIpc) is 2.86. The largest absolute Gasteiger partial charge is 0.365 e. The van der Waals surface area contributed by atoms with E-state index >= 15 is 0 Å². The van der Waals surface area contributed by atoms with Gasteiger partial charge < -0.3 is 5.73 Å². The van der Waals surface area contributed by atoms with Crippen molar-refractivity contribution in [1.29, 1.82) is 5.26 Å². The van der Waals surface area contributed by atoms with Crippen LogP contribution in [0.3, 0.4) is 0 Å². The molecule has 2 N–H and O–H groups in total. The highest BCUT2D eigenvalue weighted by molar-refractivity contribution is 6.31. The highest BCUT2D eigenvalue weighted by Crippen LogP contribution is 2.16. The van der Waals surface area contributed by atoms with Gasteiger partial charge >= 0.3 is 0 Å². The van der Waals surface area contributed by atoms with E-state index in [-0.39, 0.29) is 5.57 Å². The molecule has 0 saturated heterocycles. The summed E-state index contributed by atoms with van der Waals surface area (Å²) >= 11 is 6.07. The standard InChI is InChI=1S/C14H11ClN4O/c15-13-4-2-1-3-11(13)9-19-8-10(7-18-19)5-12(6-16)14(17)20/h1-5,7-8H,9H2,(H2,17,20)/b12-5+. The monoisotopic (exact) mass is 286 g/mol. The Morgan fingerprint density at radius 2 is 2.25 bits per heavy atom. The molecule has 0 spiro atoms. The molecule has 1 amide bonds. The molecule has 1 heterocycles. The van der Waals surface area contributed by atoms with Gasteiger partial charge in [0.1, 0.15) is 11.6 Å². The van der Waals surface area contributed by atoms with E-state index in [0.29, 0.717) is 17.1 Å². The van der Waals surface area contributed by atoms with Gasteiger partial charge in [0.2, 0.25) is 0 Å². The Hall–Kier alpha value is -2.58. The maximum absolute atomic E-state index is 11.0. The first-order valence-corrected chi connectivity index (χ1v) is 6.15. The highest BCUT2D eigenvalue weighted by Gasteiger charge is 2.06. The topological polar surface area (TPSA) is 84.7 Å². The van der Waals surface area contributed by atoms with Gasteiger partial charge in [0.25, 0.3) is 5.91 Å². The molecule has 0 atom stereocenters. The number of nitrogens with two attached hydrogens (primary N) is 1. The molecular weight excluding hydrogens is 276 g/mol. The average molecular weight is 287 g/mol. The molecule has 0 aliphatic carbocycles. The fourth-order valence-electron chi connectivity index (χ4n) is 1.67. The maximum Gasteiger partial charge on any atom is 0.259 e. The number of carbonyl (C=O) groups is 1. The molecule has 0 aliphatic rings. The molecule has 5 nitrogen and oxygen atoms in total. The van der Waals surface area contributed by atoms with Crippen molar-refractivity contribution in [3.63, 3.8) is 0 Å². The van der Waals surface area contributed by atoms with Crippen LogP contribution in [0.25, 0.3) is 6.08 Å². The lowest BCUT2D eigenvalue weighted by atomic mass is 10.2. The Balaban J connectivity index is 2.20. The van der Waals surface area contributed by atoms with Crippen molar-refractivity contribution >= 4 is 23.6 Å². The molecule has 6 heteroatoms. The molecule has 1 aromatic heterocycles.